The van der Waals surface area contributed by atoms with Crippen LogP contribution in [0.2, 0.25) is 45.3 Å². The average molecular weight is 337 g/mol. The Hall–Kier alpha value is 0.201. The molecule has 0 aromatic carbocycles. The van der Waals surface area contributed by atoms with Crippen molar-refractivity contribution in [1.82, 2.24) is 0 Å². The topological polar surface area (TPSA) is 44.8 Å². The number of hydrogen-bond acceptors (Lipinski definition) is 4. The van der Waals surface area contributed by atoms with Crippen LogP contribution in [0.3, 0.4) is 0 Å². The molecule has 7 heteroatoms. The lowest BCUT2D eigenvalue weighted by Gasteiger charge is -2.38. The van der Waals surface area contributed by atoms with Crippen LogP contribution in [0.15, 0.2) is 0 Å². The second-order valence-electron chi connectivity index (χ2n) is 7.06. The zero-order valence-electron chi connectivity index (χ0n) is 14.5. The van der Waals surface area contributed by atoms with Crippen molar-refractivity contribution >= 4 is 31.2 Å². The Balaban J connectivity index is 4.87. The summed E-state index contributed by atoms with van der Waals surface area (Å²) in [6, 6.07) is 0.740. The van der Waals surface area contributed by atoms with Gasteiger partial charge in [0.05, 0.1) is 0 Å². The van der Waals surface area contributed by atoms with Crippen LogP contribution in [-0.2, 0) is 17.5 Å². The molecular weight excluding hydrogens is 304 g/mol. The van der Waals surface area contributed by atoms with Crippen LogP contribution in [0.4, 0.5) is 0 Å². The largest absolute Gasteiger partial charge is 0.479 e. The van der Waals surface area contributed by atoms with Crippen molar-refractivity contribution in [1.29, 1.82) is 0 Å². The summed E-state index contributed by atoms with van der Waals surface area (Å²) in [5, 5.41) is 0. The van der Waals surface area contributed by atoms with Crippen molar-refractivity contribution in [3.8, 4) is 0 Å². The molecule has 0 bridgehead atoms. The highest BCUT2D eigenvalue weighted by atomic mass is 28.5. The van der Waals surface area contributed by atoms with Gasteiger partial charge in [0.15, 0.2) is 16.6 Å². The summed E-state index contributed by atoms with van der Waals surface area (Å²) in [6.07, 6.45) is 1.99. The number of hydrogen-bond donors (Lipinski definition) is 0. The highest BCUT2D eigenvalue weighted by molar-refractivity contribution is 6.85. The van der Waals surface area contributed by atoms with Gasteiger partial charge in [0.25, 0.3) is 0 Å². The summed E-state index contributed by atoms with van der Waals surface area (Å²) in [5.74, 6) is 0.296. The zero-order valence-corrected chi connectivity index (χ0v) is 17.5. The minimum absolute atomic E-state index is 0.296. The van der Waals surface area contributed by atoms with E-state index in [1.54, 1.807) is 7.11 Å². The van der Waals surface area contributed by atoms with Gasteiger partial charge in [-0.1, -0.05) is 6.92 Å². The molecule has 0 aliphatic carbocycles. The zero-order chi connectivity index (χ0) is 16.0. The summed E-state index contributed by atoms with van der Waals surface area (Å²) < 4.78 is 18.4. The van der Waals surface area contributed by atoms with Gasteiger partial charge in [-0.05, 0) is 45.7 Å². The lowest BCUT2D eigenvalue weighted by molar-refractivity contribution is -0.118. The Labute approximate surface area is 127 Å². The molecule has 0 radical (unpaired) electrons. The maximum Gasteiger partial charge on any atom is 0.479 e. The summed E-state index contributed by atoms with van der Waals surface area (Å²) in [4.78, 5) is 11.5. The van der Waals surface area contributed by atoms with E-state index in [1.807, 2.05) is 6.92 Å². The maximum absolute atomic E-state index is 11.5. The van der Waals surface area contributed by atoms with E-state index in [-0.39, 0.29) is 0 Å². The van der Waals surface area contributed by atoms with Crippen molar-refractivity contribution in [2.24, 2.45) is 0 Å². The van der Waals surface area contributed by atoms with Crippen LogP contribution in [-0.4, -0.2) is 38.3 Å². The molecule has 0 N–H and O–H groups in total. The van der Waals surface area contributed by atoms with Crippen LogP contribution in [0.5, 0.6) is 0 Å². The van der Waals surface area contributed by atoms with Gasteiger partial charge in [0.1, 0.15) is 5.78 Å². The molecule has 0 aromatic heterocycles. The number of carbonyl (C=O) groups is 1. The quantitative estimate of drug-likeness (QED) is 0.565. The summed E-state index contributed by atoms with van der Waals surface area (Å²) in [7, 11) is -4.46. The van der Waals surface area contributed by atoms with Gasteiger partial charge in [-0.25, -0.2) is 0 Å². The lowest BCUT2D eigenvalue weighted by Crippen LogP contribution is -2.56. The molecule has 0 saturated heterocycles. The van der Waals surface area contributed by atoms with Gasteiger partial charge in [0.2, 0.25) is 0 Å². The molecule has 0 spiro atoms. The fourth-order valence-electron chi connectivity index (χ4n) is 1.92. The van der Waals surface area contributed by atoms with E-state index in [1.165, 1.54) is 0 Å². The van der Waals surface area contributed by atoms with Crippen molar-refractivity contribution in [2.75, 3.05) is 7.11 Å². The normalized spacial score (nSPS) is 13.6. The Morgan fingerprint density at radius 2 is 1.40 bits per heavy atom. The minimum Gasteiger partial charge on any atom is -0.416 e. The SMILES string of the molecule is CCC(=O)CCC[Si](OC)(O[Si](C)(C)C)O[Si](C)(C)C. The van der Waals surface area contributed by atoms with Crippen LogP contribution in [0.25, 0.3) is 0 Å². The van der Waals surface area contributed by atoms with Crippen LogP contribution < -0.4 is 0 Å². The van der Waals surface area contributed by atoms with Crippen LogP contribution in [0.1, 0.15) is 26.2 Å². The molecule has 0 saturated carbocycles. The first-order valence-corrected chi connectivity index (χ1v) is 16.1. The fraction of sp³-hybridized carbons (Fsp3) is 0.923. The molecule has 120 valence electrons. The summed E-state index contributed by atoms with van der Waals surface area (Å²) in [6.45, 7) is 14.8. The van der Waals surface area contributed by atoms with E-state index in [4.69, 9.17) is 12.7 Å². The Morgan fingerprint density at radius 3 is 1.70 bits per heavy atom. The second kappa shape index (κ2) is 8.00. The third-order valence-electron chi connectivity index (χ3n) is 2.57. The molecular formula is C13H32O4Si3. The average Bonchev–Trinajstić information content (AvgIpc) is 2.24. The molecule has 0 heterocycles. The summed E-state index contributed by atoms with van der Waals surface area (Å²) in [5.41, 5.74) is 0. The van der Waals surface area contributed by atoms with Crippen molar-refractivity contribution in [3.05, 3.63) is 0 Å². The van der Waals surface area contributed by atoms with E-state index in [2.05, 4.69) is 39.3 Å². The molecule has 0 unspecified atom stereocenters. The van der Waals surface area contributed by atoms with Gasteiger partial charge in [0, 0.05) is 26.0 Å². The molecule has 0 fully saturated rings. The Bertz CT molecular complexity index is 292. The lowest BCUT2D eigenvalue weighted by atomic mass is 10.2. The molecule has 0 rings (SSSR count). The monoisotopic (exact) mass is 336 g/mol. The number of rotatable bonds is 10. The van der Waals surface area contributed by atoms with Crippen LogP contribution in [0, 0.1) is 0 Å². The Kier molecular flexibility index (Phi) is 8.08. The highest BCUT2D eigenvalue weighted by Crippen LogP contribution is 2.26. The molecule has 0 amide bonds. The second-order valence-corrected chi connectivity index (χ2v) is 19.4. The van der Waals surface area contributed by atoms with Crippen molar-refractivity contribution in [2.45, 2.75) is 71.5 Å². The molecule has 0 aliphatic rings. The third-order valence-corrected chi connectivity index (χ3v) is 11.5. The standard InChI is InChI=1S/C13H32O4Si3/c1-9-13(14)11-10-12-20(15-2,16-18(3,4)5)17-19(6,7)8/h9-12H2,1-8H3. The van der Waals surface area contributed by atoms with Gasteiger partial charge in [-0.15, -0.1) is 0 Å². The number of ketones is 1. The van der Waals surface area contributed by atoms with Crippen molar-refractivity contribution < 1.29 is 17.5 Å². The number of Topliss-reactive ketones (excluding diaryl/α,β-unsaturated/α-hetero) is 1. The van der Waals surface area contributed by atoms with Gasteiger partial charge >= 0.3 is 8.80 Å². The molecule has 0 atom stereocenters. The first kappa shape index (κ1) is 20.2. The first-order valence-electron chi connectivity index (χ1n) is 7.40. The van der Waals surface area contributed by atoms with Crippen LogP contribution >= 0.6 is 0 Å². The van der Waals surface area contributed by atoms with E-state index < -0.39 is 25.4 Å². The smallest absolute Gasteiger partial charge is 0.416 e. The fourth-order valence-corrected chi connectivity index (χ4v) is 12.2. The minimum atomic E-state index is -2.65. The van der Waals surface area contributed by atoms with E-state index >= 15 is 0 Å². The molecule has 20 heavy (non-hydrogen) atoms. The predicted octanol–water partition coefficient (Wildman–Crippen LogP) is 4.03. The van der Waals surface area contributed by atoms with Gasteiger partial charge in [-0.2, -0.15) is 0 Å². The van der Waals surface area contributed by atoms with Crippen molar-refractivity contribution in [3.63, 3.8) is 0 Å². The number of carbonyl (C=O) groups excluding carboxylic acids is 1. The molecule has 0 aromatic rings. The van der Waals surface area contributed by atoms with Gasteiger partial charge < -0.3 is 12.7 Å². The predicted molar refractivity (Wildman–Crippen MR) is 91.0 cm³/mol. The molecule has 4 nitrogen and oxygen atoms in total. The third kappa shape index (κ3) is 9.19. The first-order chi connectivity index (χ1) is 8.93. The highest BCUT2D eigenvalue weighted by Gasteiger charge is 2.46. The van der Waals surface area contributed by atoms with E-state index in [0.717, 1.165) is 12.5 Å². The molecule has 0 aliphatic heterocycles. The van der Waals surface area contributed by atoms with E-state index in [0.29, 0.717) is 18.6 Å². The Morgan fingerprint density at radius 1 is 0.950 bits per heavy atom. The van der Waals surface area contributed by atoms with E-state index in [9.17, 15) is 4.79 Å². The summed E-state index contributed by atoms with van der Waals surface area (Å²) >= 11 is 0. The maximum atomic E-state index is 11.5. The van der Waals surface area contributed by atoms with Gasteiger partial charge in [-0.3, -0.25) is 4.79 Å².